The Morgan fingerprint density at radius 1 is 1.12 bits per heavy atom. The number of fused-ring (bicyclic) bond motifs is 2. The van der Waals surface area contributed by atoms with Crippen LogP contribution in [0.2, 0.25) is 0 Å². The minimum Gasteiger partial charge on any atom is -0.329 e. The lowest BCUT2D eigenvalue weighted by Gasteiger charge is -2.25. The largest absolute Gasteiger partial charge is 0.416 e. The average Bonchev–Trinajstić information content (AvgIpc) is 3.01. The van der Waals surface area contributed by atoms with Gasteiger partial charge in [-0.25, -0.2) is 8.78 Å². The number of nitrogens with zero attached hydrogens (tertiary/aromatic N) is 1. The standard InChI is InChI=1S/C22H20F5N3O2/c23-16-5-11-2-4-14(15(11)7-17(16)24)18(28)8-21(32)30-9-12-1-3-13(22(25,26)27)6-19(12)29-20(31)10-30/h1,3,5-7,14,18H,2,4,8-10,28H2,(H,29,31)/t14-,18-/m0/s1. The fraction of sp³-hybridized carbons (Fsp3) is 0.364. The fourth-order valence-corrected chi connectivity index (χ4v) is 4.36. The SMILES string of the molecule is N[C@@H](CC(=O)N1CC(=O)Nc2cc(C(F)(F)F)ccc2C1)[C@H]1CCc2cc(F)c(F)cc21. The summed E-state index contributed by atoms with van der Waals surface area (Å²) in [6, 6.07) is 4.54. The Hall–Kier alpha value is -3.01. The van der Waals surface area contributed by atoms with E-state index in [4.69, 9.17) is 5.73 Å². The van der Waals surface area contributed by atoms with Gasteiger partial charge in [-0.2, -0.15) is 13.2 Å². The normalized spacial score (nSPS) is 19.1. The fourth-order valence-electron chi connectivity index (χ4n) is 4.36. The summed E-state index contributed by atoms with van der Waals surface area (Å²) in [5.74, 6) is -3.32. The Morgan fingerprint density at radius 3 is 2.56 bits per heavy atom. The number of carbonyl (C=O) groups is 2. The molecule has 10 heteroatoms. The number of nitrogens with two attached hydrogens (primary N) is 1. The van der Waals surface area contributed by atoms with E-state index in [0.29, 0.717) is 29.5 Å². The van der Waals surface area contributed by atoms with E-state index in [2.05, 4.69) is 5.32 Å². The van der Waals surface area contributed by atoms with Crippen LogP contribution in [0.25, 0.3) is 0 Å². The number of hydrogen-bond acceptors (Lipinski definition) is 3. The van der Waals surface area contributed by atoms with Gasteiger partial charge in [0, 0.05) is 30.6 Å². The summed E-state index contributed by atoms with van der Waals surface area (Å²) in [6.45, 7) is -0.387. The van der Waals surface area contributed by atoms with Crippen LogP contribution in [-0.4, -0.2) is 29.3 Å². The zero-order chi connectivity index (χ0) is 23.2. The van der Waals surface area contributed by atoms with E-state index in [1.807, 2.05) is 0 Å². The lowest BCUT2D eigenvalue weighted by Crippen LogP contribution is -2.40. The van der Waals surface area contributed by atoms with Crippen molar-refractivity contribution in [3.63, 3.8) is 0 Å². The molecule has 32 heavy (non-hydrogen) atoms. The van der Waals surface area contributed by atoms with Crippen molar-refractivity contribution in [1.82, 2.24) is 4.90 Å². The van der Waals surface area contributed by atoms with Crippen molar-refractivity contribution in [3.05, 3.63) is 64.2 Å². The molecule has 2 atom stereocenters. The zero-order valence-electron chi connectivity index (χ0n) is 16.8. The lowest BCUT2D eigenvalue weighted by atomic mass is 9.91. The minimum absolute atomic E-state index is 0.00615. The summed E-state index contributed by atoms with van der Waals surface area (Å²) in [5, 5.41) is 2.41. The molecule has 0 spiro atoms. The molecule has 170 valence electrons. The highest BCUT2D eigenvalue weighted by molar-refractivity contribution is 5.96. The number of aryl methyl sites for hydroxylation is 1. The van der Waals surface area contributed by atoms with Gasteiger partial charge in [-0.3, -0.25) is 9.59 Å². The molecule has 1 aliphatic carbocycles. The molecule has 0 fully saturated rings. The highest BCUT2D eigenvalue weighted by atomic mass is 19.4. The van der Waals surface area contributed by atoms with Crippen LogP contribution in [0.3, 0.4) is 0 Å². The second-order valence-electron chi connectivity index (χ2n) is 8.15. The van der Waals surface area contributed by atoms with E-state index in [1.165, 1.54) is 11.0 Å². The maximum atomic E-state index is 13.7. The van der Waals surface area contributed by atoms with E-state index in [9.17, 15) is 31.5 Å². The van der Waals surface area contributed by atoms with Crippen LogP contribution in [0.15, 0.2) is 30.3 Å². The number of rotatable bonds is 3. The first-order valence-electron chi connectivity index (χ1n) is 10.0. The molecule has 3 N–H and O–H groups in total. The number of halogens is 5. The number of alkyl halides is 3. The summed E-state index contributed by atoms with van der Waals surface area (Å²) >= 11 is 0. The Morgan fingerprint density at radius 2 is 1.84 bits per heavy atom. The molecule has 4 rings (SSSR count). The number of amides is 2. The number of benzene rings is 2. The first-order chi connectivity index (χ1) is 15.0. The zero-order valence-corrected chi connectivity index (χ0v) is 16.8. The molecule has 1 heterocycles. The molecule has 0 unspecified atom stereocenters. The predicted octanol–water partition coefficient (Wildman–Crippen LogP) is 3.71. The molecule has 0 radical (unpaired) electrons. The van der Waals surface area contributed by atoms with Crippen LogP contribution >= 0.6 is 0 Å². The van der Waals surface area contributed by atoms with Gasteiger partial charge in [0.15, 0.2) is 11.6 Å². The molecule has 0 saturated carbocycles. The molecule has 0 bridgehead atoms. The maximum absolute atomic E-state index is 13.7. The van der Waals surface area contributed by atoms with Crippen molar-refractivity contribution in [3.8, 4) is 0 Å². The number of anilines is 1. The highest BCUT2D eigenvalue weighted by Crippen LogP contribution is 2.37. The van der Waals surface area contributed by atoms with Crippen LogP contribution in [0.4, 0.5) is 27.6 Å². The lowest BCUT2D eigenvalue weighted by molar-refractivity contribution is -0.137. The van der Waals surface area contributed by atoms with Gasteiger partial charge in [-0.15, -0.1) is 0 Å². The van der Waals surface area contributed by atoms with Crippen molar-refractivity contribution in [1.29, 1.82) is 0 Å². The number of nitrogens with one attached hydrogen (secondary N) is 1. The van der Waals surface area contributed by atoms with Gasteiger partial charge < -0.3 is 16.0 Å². The molecule has 1 aliphatic heterocycles. The Bertz CT molecular complexity index is 1090. The molecular weight excluding hydrogens is 433 g/mol. The molecule has 2 aromatic carbocycles. The quantitative estimate of drug-likeness (QED) is 0.696. The Kier molecular flexibility index (Phi) is 5.66. The van der Waals surface area contributed by atoms with Gasteiger partial charge in [-0.1, -0.05) is 6.07 Å². The molecule has 2 amide bonds. The van der Waals surface area contributed by atoms with Gasteiger partial charge in [0.1, 0.15) is 6.54 Å². The summed E-state index contributed by atoms with van der Waals surface area (Å²) in [6.07, 6.45) is -3.66. The van der Waals surface area contributed by atoms with Crippen molar-refractivity contribution < 1.29 is 31.5 Å². The molecular formula is C22H20F5N3O2. The van der Waals surface area contributed by atoms with Crippen LogP contribution in [0.5, 0.6) is 0 Å². The van der Waals surface area contributed by atoms with Crippen LogP contribution in [-0.2, 0) is 28.7 Å². The van der Waals surface area contributed by atoms with Gasteiger partial charge in [0.25, 0.3) is 0 Å². The van der Waals surface area contributed by atoms with Gasteiger partial charge >= 0.3 is 6.18 Å². The van der Waals surface area contributed by atoms with Crippen molar-refractivity contribution in [2.75, 3.05) is 11.9 Å². The highest BCUT2D eigenvalue weighted by Gasteiger charge is 2.34. The third kappa shape index (κ3) is 4.32. The minimum atomic E-state index is -4.56. The van der Waals surface area contributed by atoms with Gasteiger partial charge in [0.05, 0.1) is 5.56 Å². The Balaban J connectivity index is 1.50. The molecule has 0 aromatic heterocycles. The topological polar surface area (TPSA) is 75.4 Å². The van der Waals surface area contributed by atoms with Gasteiger partial charge in [-0.05, 0) is 53.8 Å². The summed E-state index contributed by atoms with van der Waals surface area (Å²) < 4.78 is 66.1. The molecule has 0 saturated heterocycles. The molecule has 2 aromatic rings. The molecule has 5 nitrogen and oxygen atoms in total. The van der Waals surface area contributed by atoms with E-state index in [-0.39, 0.29) is 31.1 Å². The van der Waals surface area contributed by atoms with Crippen LogP contribution < -0.4 is 11.1 Å². The first kappa shape index (κ1) is 22.2. The Labute approximate surface area is 180 Å². The maximum Gasteiger partial charge on any atom is 0.416 e. The van der Waals surface area contributed by atoms with Gasteiger partial charge in [0.2, 0.25) is 11.8 Å². The van der Waals surface area contributed by atoms with E-state index in [1.54, 1.807) is 0 Å². The van der Waals surface area contributed by atoms with E-state index in [0.717, 1.165) is 24.3 Å². The van der Waals surface area contributed by atoms with Crippen molar-refractivity contribution in [2.45, 2.75) is 43.9 Å². The number of carbonyl (C=O) groups excluding carboxylic acids is 2. The smallest absolute Gasteiger partial charge is 0.329 e. The predicted molar refractivity (Wildman–Crippen MR) is 106 cm³/mol. The van der Waals surface area contributed by atoms with E-state index < -0.39 is 41.2 Å². The summed E-state index contributed by atoms with van der Waals surface area (Å²) in [4.78, 5) is 26.3. The average molecular weight is 453 g/mol. The summed E-state index contributed by atoms with van der Waals surface area (Å²) in [7, 11) is 0. The second kappa shape index (κ2) is 8.16. The summed E-state index contributed by atoms with van der Waals surface area (Å²) in [5.41, 5.74) is 6.94. The van der Waals surface area contributed by atoms with Crippen LogP contribution in [0, 0.1) is 11.6 Å². The third-order valence-electron chi connectivity index (χ3n) is 5.99. The monoisotopic (exact) mass is 453 g/mol. The molecule has 2 aliphatic rings. The van der Waals surface area contributed by atoms with Crippen molar-refractivity contribution in [2.24, 2.45) is 5.73 Å². The van der Waals surface area contributed by atoms with E-state index >= 15 is 0 Å². The first-order valence-corrected chi connectivity index (χ1v) is 10.0. The third-order valence-corrected chi connectivity index (χ3v) is 5.99. The second-order valence-corrected chi connectivity index (χ2v) is 8.15. The number of hydrogen-bond donors (Lipinski definition) is 2. The van der Waals surface area contributed by atoms with Crippen LogP contribution in [0.1, 0.15) is 41.0 Å². The van der Waals surface area contributed by atoms with Crippen molar-refractivity contribution >= 4 is 17.5 Å².